The molecule has 2 nitrogen and oxygen atoms in total. The SMILES string of the molecule is CN(C)CCCN1Cc2ccccc2Sc2ccc(Cl)cc21. The molecule has 0 radical (unpaired) electrons. The predicted octanol–water partition coefficient (Wildman–Crippen LogP) is 4.76. The summed E-state index contributed by atoms with van der Waals surface area (Å²) >= 11 is 8.09. The number of hydrogen-bond acceptors (Lipinski definition) is 3. The van der Waals surface area contributed by atoms with Crippen LogP contribution in [0.1, 0.15) is 12.0 Å². The highest BCUT2D eigenvalue weighted by molar-refractivity contribution is 7.99. The molecule has 0 aromatic heterocycles. The van der Waals surface area contributed by atoms with Crippen LogP contribution in [0.15, 0.2) is 52.3 Å². The number of halogens is 1. The second kappa shape index (κ2) is 6.95. The first-order valence-electron chi connectivity index (χ1n) is 7.58. The fourth-order valence-corrected chi connectivity index (χ4v) is 3.99. The second-order valence-corrected chi connectivity index (χ2v) is 7.42. The zero-order valence-corrected chi connectivity index (χ0v) is 14.6. The van der Waals surface area contributed by atoms with E-state index in [1.54, 1.807) is 0 Å². The van der Waals surface area contributed by atoms with Gasteiger partial charge in [0.2, 0.25) is 0 Å². The highest BCUT2D eigenvalue weighted by atomic mass is 35.5. The standard InChI is InChI=1S/C18H21ClN2S/c1-20(2)10-5-11-21-13-14-6-3-4-7-17(14)22-18-9-8-15(19)12-16(18)21/h3-4,6-9,12H,5,10-11,13H2,1-2H3. The van der Waals surface area contributed by atoms with Crippen molar-refractivity contribution in [3.63, 3.8) is 0 Å². The first-order chi connectivity index (χ1) is 10.6. The molecule has 0 bridgehead atoms. The van der Waals surface area contributed by atoms with Crippen LogP contribution in [0.2, 0.25) is 5.02 Å². The van der Waals surface area contributed by atoms with Crippen LogP contribution in [0, 0.1) is 0 Å². The quantitative estimate of drug-likeness (QED) is 0.796. The molecule has 0 amide bonds. The normalized spacial score (nSPS) is 13.7. The number of anilines is 1. The monoisotopic (exact) mass is 332 g/mol. The number of benzene rings is 2. The third-order valence-corrected chi connectivity index (χ3v) is 5.27. The average molecular weight is 333 g/mol. The Balaban J connectivity index is 1.92. The first-order valence-corrected chi connectivity index (χ1v) is 8.78. The maximum Gasteiger partial charge on any atom is 0.0526 e. The molecular formula is C18H21ClN2S. The molecule has 0 fully saturated rings. The van der Waals surface area contributed by atoms with Gasteiger partial charge in [-0.2, -0.15) is 0 Å². The van der Waals surface area contributed by atoms with Crippen molar-refractivity contribution in [2.24, 2.45) is 0 Å². The van der Waals surface area contributed by atoms with Gasteiger partial charge in [-0.1, -0.05) is 41.6 Å². The van der Waals surface area contributed by atoms with E-state index in [-0.39, 0.29) is 0 Å². The van der Waals surface area contributed by atoms with E-state index in [2.05, 4.69) is 60.3 Å². The van der Waals surface area contributed by atoms with Gasteiger partial charge >= 0.3 is 0 Å². The van der Waals surface area contributed by atoms with Crippen molar-refractivity contribution < 1.29 is 0 Å². The van der Waals surface area contributed by atoms with E-state index < -0.39 is 0 Å². The van der Waals surface area contributed by atoms with Crippen LogP contribution in [-0.2, 0) is 6.54 Å². The Kier molecular flexibility index (Phi) is 4.97. The molecule has 2 aromatic rings. The Morgan fingerprint density at radius 3 is 2.77 bits per heavy atom. The van der Waals surface area contributed by atoms with Gasteiger partial charge in [-0.25, -0.2) is 0 Å². The molecular weight excluding hydrogens is 312 g/mol. The molecule has 3 rings (SSSR count). The second-order valence-electron chi connectivity index (χ2n) is 5.90. The van der Waals surface area contributed by atoms with Gasteiger partial charge in [0.1, 0.15) is 0 Å². The summed E-state index contributed by atoms with van der Waals surface area (Å²) in [4.78, 5) is 7.34. The van der Waals surface area contributed by atoms with E-state index in [0.29, 0.717) is 0 Å². The molecule has 4 heteroatoms. The van der Waals surface area contributed by atoms with Crippen molar-refractivity contribution in [1.82, 2.24) is 4.90 Å². The molecule has 0 saturated carbocycles. The minimum Gasteiger partial charge on any atom is -0.366 e. The summed E-state index contributed by atoms with van der Waals surface area (Å²) in [6.07, 6.45) is 1.14. The summed E-state index contributed by atoms with van der Waals surface area (Å²) in [6, 6.07) is 14.9. The van der Waals surface area contributed by atoms with Crippen molar-refractivity contribution in [1.29, 1.82) is 0 Å². The van der Waals surface area contributed by atoms with E-state index in [1.165, 1.54) is 21.0 Å². The fourth-order valence-electron chi connectivity index (χ4n) is 2.74. The van der Waals surface area contributed by atoms with Gasteiger partial charge < -0.3 is 9.80 Å². The highest BCUT2D eigenvalue weighted by Gasteiger charge is 2.19. The number of fused-ring (bicyclic) bond motifs is 2. The third kappa shape index (κ3) is 3.60. The molecule has 1 aliphatic heterocycles. The molecule has 0 saturated heterocycles. The van der Waals surface area contributed by atoms with Crippen molar-refractivity contribution in [3.05, 3.63) is 53.1 Å². The van der Waals surface area contributed by atoms with Gasteiger partial charge in [0.25, 0.3) is 0 Å². The Labute approximate surface area is 142 Å². The first kappa shape index (κ1) is 15.7. The molecule has 0 N–H and O–H groups in total. The lowest BCUT2D eigenvalue weighted by Crippen LogP contribution is -2.26. The maximum atomic E-state index is 6.25. The fraction of sp³-hybridized carbons (Fsp3) is 0.333. The summed E-state index contributed by atoms with van der Waals surface area (Å²) in [5, 5.41) is 0.808. The van der Waals surface area contributed by atoms with Gasteiger partial charge in [-0.05, 0) is 56.9 Å². The van der Waals surface area contributed by atoms with Crippen LogP contribution in [-0.4, -0.2) is 32.1 Å². The zero-order valence-electron chi connectivity index (χ0n) is 13.1. The topological polar surface area (TPSA) is 6.48 Å². The molecule has 1 heterocycles. The summed E-state index contributed by atoms with van der Waals surface area (Å²) in [6.45, 7) is 3.09. The number of nitrogens with zero attached hydrogens (tertiary/aromatic N) is 2. The molecule has 116 valence electrons. The van der Waals surface area contributed by atoms with Crippen molar-refractivity contribution in [3.8, 4) is 0 Å². The summed E-state index contributed by atoms with van der Waals surface area (Å²) in [5.41, 5.74) is 2.65. The average Bonchev–Trinajstić information content (AvgIpc) is 2.64. The Bertz CT molecular complexity index is 657. The van der Waals surface area contributed by atoms with Crippen LogP contribution in [0.3, 0.4) is 0 Å². The van der Waals surface area contributed by atoms with Gasteiger partial charge in [0.05, 0.1) is 5.69 Å². The summed E-state index contributed by atoms with van der Waals surface area (Å²) < 4.78 is 0. The minimum atomic E-state index is 0.808. The Morgan fingerprint density at radius 2 is 1.95 bits per heavy atom. The van der Waals surface area contributed by atoms with Crippen LogP contribution in [0.25, 0.3) is 0 Å². The lowest BCUT2D eigenvalue weighted by molar-refractivity contribution is 0.400. The summed E-state index contributed by atoms with van der Waals surface area (Å²) in [5.74, 6) is 0. The lowest BCUT2D eigenvalue weighted by atomic mass is 10.2. The van der Waals surface area contributed by atoms with E-state index >= 15 is 0 Å². The Hall–Kier alpha value is -1.16. The van der Waals surface area contributed by atoms with Gasteiger partial charge in [0, 0.05) is 27.9 Å². The lowest BCUT2D eigenvalue weighted by Gasteiger charge is -2.26. The van der Waals surface area contributed by atoms with E-state index in [1.807, 2.05) is 17.8 Å². The molecule has 0 atom stereocenters. The van der Waals surface area contributed by atoms with Gasteiger partial charge in [-0.15, -0.1) is 0 Å². The molecule has 0 unspecified atom stereocenters. The van der Waals surface area contributed by atoms with Crippen LogP contribution >= 0.6 is 23.4 Å². The van der Waals surface area contributed by atoms with Crippen LogP contribution in [0.4, 0.5) is 5.69 Å². The van der Waals surface area contributed by atoms with E-state index in [0.717, 1.165) is 31.1 Å². The minimum absolute atomic E-state index is 0.808. The van der Waals surface area contributed by atoms with Gasteiger partial charge in [-0.3, -0.25) is 0 Å². The molecule has 0 spiro atoms. The Morgan fingerprint density at radius 1 is 1.14 bits per heavy atom. The molecule has 0 aliphatic carbocycles. The van der Waals surface area contributed by atoms with Crippen molar-refractivity contribution in [2.75, 3.05) is 32.1 Å². The number of rotatable bonds is 4. The smallest absolute Gasteiger partial charge is 0.0526 e. The van der Waals surface area contributed by atoms with Crippen LogP contribution < -0.4 is 4.90 Å². The van der Waals surface area contributed by atoms with Crippen LogP contribution in [0.5, 0.6) is 0 Å². The molecule has 1 aliphatic rings. The zero-order chi connectivity index (χ0) is 15.5. The predicted molar refractivity (Wildman–Crippen MR) is 96.2 cm³/mol. The van der Waals surface area contributed by atoms with E-state index in [4.69, 9.17) is 11.6 Å². The molecule has 22 heavy (non-hydrogen) atoms. The van der Waals surface area contributed by atoms with E-state index in [9.17, 15) is 0 Å². The number of hydrogen-bond donors (Lipinski definition) is 0. The highest BCUT2D eigenvalue weighted by Crippen LogP contribution is 2.42. The third-order valence-electron chi connectivity index (χ3n) is 3.85. The van der Waals surface area contributed by atoms with Crippen molar-refractivity contribution in [2.45, 2.75) is 22.8 Å². The largest absolute Gasteiger partial charge is 0.366 e. The summed E-state index contributed by atoms with van der Waals surface area (Å²) in [7, 11) is 4.25. The maximum absolute atomic E-state index is 6.25. The molecule has 2 aromatic carbocycles. The van der Waals surface area contributed by atoms with Crippen molar-refractivity contribution >= 4 is 29.1 Å². The van der Waals surface area contributed by atoms with Gasteiger partial charge in [0.15, 0.2) is 0 Å².